The predicted octanol–water partition coefficient (Wildman–Crippen LogP) is 7.38. The van der Waals surface area contributed by atoms with Crippen molar-refractivity contribution < 1.29 is 45.9 Å². The lowest BCUT2D eigenvalue weighted by molar-refractivity contribution is -0.141. The SMILES string of the molecule is O=C1CCC(N2C(=O)c3cccc(NCC4CC5(CCN(CC6CCC(n7cc8cc(NC(=O)c9cccc(C(F)(F)F)n9)c(C(F)F)cc8n7)CC6)CC5)C4)c3C2=O)C(=O)N1. The zero-order chi connectivity index (χ0) is 43.5. The number of pyridine rings is 1. The Morgan fingerprint density at radius 1 is 0.903 bits per heavy atom. The van der Waals surface area contributed by atoms with Gasteiger partial charge in [-0.2, -0.15) is 18.3 Å². The summed E-state index contributed by atoms with van der Waals surface area (Å²) in [7, 11) is 0. The van der Waals surface area contributed by atoms with Gasteiger partial charge in [0.05, 0.1) is 28.4 Å². The maximum Gasteiger partial charge on any atom is 0.433 e. The van der Waals surface area contributed by atoms with E-state index in [1.165, 1.54) is 12.1 Å². The molecule has 5 amide bonds. The van der Waals surface area contributed by atoms with Crippen LogP contribution < -0.4 is 16.0 Å². The van der Waals surface area contributed by atoms with Crippen LogP contribution in [0.3, 0.4) is 0 Å². The highest BCUT2D eigenvalue weighted by atomic mass is 19.4. The van der Waals surface area contributed by atoms with Crippen molar-refractivity contribution in [2.24, 2.45) is 17.3 Å². The van der Waals surface area contributed by atoms with Crippen LogP contribution in [0.5, 0.6) is 0 Å². The molecule has 4 aromatic rings. The molecule has 2 aromatic heterocycles. The van der Waals surface area contributed by atoms with E-state index in [9.17, 15) is 45.9 Å². The van der Waals surface area contributed by atoms with E-state index >= 15 is 0 Å². The summed E-state index contributed by atoms with van der Waals surface area (Å²) in [6.45, 7) is 3.73. The van der Waals surface area contributed by atoms with E-state index in [0.29, 0.717) is 40.4 Å². The molecule has 0 radical (unpaired) electrons. The van der Waals surface area contributed by atoms with Crippen molar-refractivity contribution >= 4 is 51.8 Å². The van der Waals surface area contributed by atoms with E-state index in [2.05, 4.69) is 30.9 Å². The maximum atomic E-state index is 14.1. The third-order valence-electron chi connectivity index (χ3n) is 13.6. The number of carbonyl (C=O) groups is 5. The highest BCUT2D eigenvalue weighted by Crippen LogP contribution is 2.53. The summed E-state index contributed by atoms with van der Waals surface area (Å²) in [4.78, 5) is 70.6. The number of amides is 5. The summed E-state index contributed by atoms with van der Waals surface area (Å²) in [5.74, 6) is -2.17. The summed E-state index contributed by atoms with van der Waals surface area (Å²) in [6, 6.07) is 9.61. The van der Waals surface area contributed by atoms with E-state index in [-0.39, 0.29) is 35.7 Å². The van der Waals surface area contributed by atoms with E-state index in [1.807, 2.05) is 0 Å². The molecule has 0 bridgehead atoms. The molecule has 1 unspecified atom stereocenters. The van der Waals surface area contributed by atoms with Crippen molar-refractivity contribution in [2.75, 3.05) is 36.8 Å². The van der Waals surface area contributed by atoms with Gasteiger partial charge in [0, 0.05) is 42.3 Å². The molecule has 5 aliphatic rings. The van der Waals surface area contributed by atoms with Crippen molar-refractivity contribution in [3.63, 3.8) is 0 Å². The molecular formula is C44H45F5N8O5. The summed E-state index contributed by atoms with van der Waals surface area (Å²) >= 11 is 0. The second-order valence-electron chi connectivity index (χ2n) is 17.6. The van der Waals surface area contributed by atoms with Crippen molar-refractivity contribution in [1.82, 2.24) is 29.9 Å². The molecule has 18 heteroatoms. The third-order valence-corrected chi connectivity index (χ3v) is 13.6. The van der Waals surface area contributed by atoms with Crippen molar-refractivity contribution in [1.29, 1.82) is 0 Å². The second kappa shape index (κ2) is 16.2. The van der Waals surface area contributed by atoms with Gasteiger partial charge in [0.15, 0.2) is 0 Å². The number of carbonyl (C=O) groups excluding carboxylic acids is 5. The molecule has 1 spiro atoms. The van der Waals surface area contributed by atoms with Crippen LogP contribution in [-0.2, 0) is 15.8 Å². The van der Waals surface area contributed by atoms with Gasteiger partial charge in [0.1, 0.15) is 17.4 Å². The van der Waals surface area contributed by atoms with Gasteiger partial charge in [-0.25, -0.2) is 13.8 Å². The molecule has 13 nitrogen and oxygen atoms in total. The number of piperidine rings is 2. The molecular weight excluding hydrogens is 816 g/mol. The lowest BCUT2D eigenvalue weighted by atomic mass is 9.57. The highest BCUT2D eigenvalue weighted by molar-refractivity contribution is 6.25. The largest absolute Gasteiger partial charge is 0.433 e. The standard InChI is InChI=1S/C44H45F5N8O5/c45-38(46)29-18-32-26(17-33(29)52-39(59)31-5-2-6-35(51-31)44(47,48)49)23-56(54-32)27-9-7-24(8-10-27)22-55-15-13-43(14-16-55)19-25(20-43)21-50-30-4-1-3-28-37(30)42(62)57(41(28)61)34-11-12-36(58)53-40(34)60/h1-6,17-18,23-25,27,34,38,50H,7-16,19-22H2,(H,52,59)(H,53,58,60). The molecule has 2 aromatic carbocycles. The summed E-state index contributed by atoms with van der Waals surface area (Å²) in [5.41, 5.74) is -0.761. The minimum absolute atomic E-state index is 0.0650. The van der Waals surface area contributed by atoms with Crippen LogP contribution in [0.2, 0.25) is 0 Å². The number of nitrogens with one attached hydrogen (secondary N) is 3. The summed E-state index contributed by atoms with van der Waals surface area (Å²) in [5, 5.41) is 13.1. The van der Waals surface area contributed by atoms with Gasteiger partial charge in [-0.15, -0.1) is 0 Å². The molecule has 326 valence electrons. The number of alkyl halides is 5. The van der Waals surface area contributed by atoms with Crippen LogP contribution in [0.15, 0.2) is 54.7 Å². The van der Waals surface area contributed by atoms with Crippen LogP contribution in [0.1, 0.15) is 119 Å². The van der Waals surface area contributed by atoms with Crippen molar-refractivity contribution in [3.05, 3.63) is 82.8 Å². The molecule has 2 saturated carbocycles. The Kier molecular flexibility index (Phi) is 10.8. The summed E-state index contributed by atoms with van der Waals surface area (Å²) in [6.07, 6.45) is 2.33. The van der Waals surface area contributed by atoms with Crippen LogP contribution in [0.4, 0.5) is 33.3 Å². The minimum Gasteiger partial charge on any atom is -0.384 e. The first-order chi connectivity index (χ1) is 29.6. The van der Waals surface area contributed by atoms with Crippen molar-refractivity contribution in [3.8, 4) is 0 Å². The fourth-order valence-electron chi connectivity index (χ4n) is 10.3. The van der Waals surface area contributed by atoms with E-state index in [1.54, 1.807) is 29.1 Å². The number of hydrogen-bond donors (Lipinski definition) is 3. The number of hydrogen-bond acceptors (Lipinski definition) is 9. The number of likely N-dealkylation sites (tertiary alicyclic amines) is 1. The minimum atomic E-state index is -4.77. The number of nitrogens with zero attached hydrogens (tertiary/aromatic N) is 5. The molecule has 62 heavy (non-hydrogen) atoms. The van der Waals surface area contributed by atoms with E-state index in [0.717, 1.165) is 94.1 Å². The van der Waals surface area contributed by atoms with Gasteiger partial charge in [-0.3, -0.25) is 38.9 Å². The van der Waals surface area contributed by atoms with E-state index < -0.39 is 65.1 Å². The zero-order valence-electron chi connectivity index (χ0n) is 33.6. The number of halogens is 5. The van der Waals surface area contributed by atoms with Gasteiger partial charge in [0.25, 0.3) is 24.1 Å². The number of imide groups is 2. The molecule has 9 rings (SSSR count). The maximum absolute atomic E-state index is 14.1. The molecule has 3 aliphatic heterocycles. The molecule has 1 atom stereocenters. The second-order valence-corrected chi connectivity index (χ2v) is 17.6. The first-order valence-electron chi connectivity index (χ1n) is 21.1. The van der Waals surface area contributed by atoms with Crippen LogP contribution in [-0.4, -0.2) is 86.3 Å². The fraction of sp³-hybridized carbons (Fsp3) is 0.477. The lowest BCUT2D eigenvalue weighted by Gasteiger charge is -2.53. The Balaban J connectivity index is 0.740. The van der Waals surface area contributed by atoms with Gasteiger partial charge < -0.3 is 15.5 Å². The Morgan fingerprint density at radius 3 is 2.35 bits per heavy atom. The Hall–Kier alpha value is -5.78. The summed E-state index contributed by atoms with van der Waals surface area (Å²) < 4.78 is 69.5. The Morgan fingerprint density at radius 2 is 1.65 bits per heavy atom. The number of benzene rings is 2. The van der Waals surface area contributed by atoms with Crippen molar-refractivity contribution in [2.45, 2.75) is 88.9 Å². The Labute approximate surface area is 352 Å². The topological polar surface area (TPSA) is 159 Å². The average Bonchev–Trinajstić information content (AvgIpc) is 3.76. The molecule has 2 aliphatic carbocycles. The van der Waals surface area contributed by atoms with Crippen LogP contribution in [0.25, 0.3) is 10.9 Å². The smallest absolute Gasteiger partial charge is 0.384 e. The monoisotopic (exact) mass is 860 g/mol. The van der Waals surface area contributed by atoms with Gasteiger partial charge in [-0.05, 0) is 125 Å². The van der Waals surface area contributed by atoms with Gasteiger partial charge in [-0.1, -0.05) is 12.1 Å². The molecule has 4 fully saturated rings. The number of rotatable bonds is 10. The first kappa shape index (κ1) is 41.6. The number of aromatic nitrogens is 3. The predicted molar refractivity (Wildman–Crippen MR) is 215 cm³/mol. The fourth-order valence-corrected chi connectivity index (χ4v) is 10.3. The van der Waals surface area contributed by atoms with Crippen LogP contribution in [0, 0.1) is 17.3 Å². The van der Waals surface area contributed by atoms with E-state index in [4.69, 9.17) is 0 Å². The Bertz CT molecular complexity index is 2450. The van der Waals surface area contributed by atoms with Gasteiger partial charge >= 0.3 is 6.18 Å². The molecule has 5 heterocycles. The highest BCUT2D eigenvalue weighted by Gasteiger charge is 2.48. The first-order valence-corrected chi connectivity index (χ1v) is 21.1. The lowest BCUT2D eigenvalue weighted by Crippen LogP contribution is -2.54. The number of anilines is 2. The van der Waals surface area contributed by atoms with Gasteiger partial charge in [0.2, 0.25) is 11.8 Å². The quantitative estimate of drug-likeness (QED) is 0.109. The van der Waals surface area contributed by atoms with Crippen LogP contribution >= 0.6 is 0 Å². The third kappa shape index (κ3) is 8.04. The molecule has 2 saturated heterocycles. The zero-order valence-corrected chi connectivity index (χ0v) is 33.6. The molecule has 3 N–H and O–H groups in total. The average molecular weight is 861 g/mol. The number of fused-ring (bicyclic) bond motifs is 2. The normalized spacial score (nSPS) is 23.2.